The van der Waals surface area contributed by atoms with E-state index in [1.54, 1.807) is 42.5 Å². The molecule has 1 fully saturated rings. The SMILES string of the molecule is CC(=O)c1cccc(OC(=O)c2cccc(NC(=O)NC3CC3)c2)c1. The van der Waals surface area contributed by atoms with E-state index in [0.29, 0.717) is 22.6 Å². The van der Waals surface area contributed by atoms with E-state index in [1.165, 1.54) is 13.0 Å². The van der Waals surface area contributed by atoms with Crippen LogP contribution >= 0.6 is 0 Å². The van der Waals surface area contributed by atoms with Crippen LogP contribution in [0.25, 0.3) is 0 Å². The van der Waals surface area contributed by atoms with Gasteiger partial charge in [-0.05, 0) is 50.1 Å². The van der Waals surface area contributed by atoms with Crippen LogP contribution in [0.5, 0.6) is 5.75 Å². The molecule has 0 radical (unpaired) electrons. The number of carbonyl (C=O) groups excluding carboxylic acids is 3. The van der Waals surface area contributed by atoms with Crippen LogP contribution in [0, 0.1) is 0 Å². The van der Waals surface area contributed by atoms with Crippen molar-refractivity contribution in [2.45, 2.75) is 25.8 Å². The molecule has 0 bridgehead atoms. The Labute approximate surface area is 145 Å². The van der Waals surface area contributed by atoms with Crippen LogP contribution in [0.4, 0.5) is 10.5 Å². The normalized spacial score (nSPS) is 13.0. The lowest BCUT2D eigenvalue weighted by Crippen LogP contribution is -2.30. The highest BCUT2D eigenvalue weighted by molar-refractivity contribution is 5.96. The van der Waals surface area contributed by atoms with Gasteiger partial charge in [0.05, 0.1) is 5.56 Å². The minimum absolute atomic E-state index is 0.106. The summed E-state index contributed by atoms with van der Waals surface area (Å²) in [5.41, 5.74) is 1.28. The largest absolute Gasteiger partial charge is 0.423 e. The molecule has 0 spiro atoms. The van der Waals surface area contributed by atoms with Crippen LogP contribution in [0.15, 0.2) is 48.5 Å². The van der Waals surface area contributed by atoms with Gasteiger partial charge in [-0.25, -0.2) is 9.59 Å². The lowest BCUT2D eigenvalue weighted by Gasteiger charge is -2.09. The molecule has 2 aromatic rings. The van der Waals surface area contributed by atoms with Gasteiger partial charge in [0.2, 0.25) is 0 Å². The molecule has 1 aliphatic carbocycles. The maximum absolute atomic E-state index is 12.3. The Hall–Kier alpha value is -3.15. The van der Waals surface area contributed by atoms with Crippen LogP contribution in [0.3, 0.4) is 0 Å². The summed E-state index contributed by atoms with van der Waals surface area (Å²) in [4.78, 5) is 35.4. The van der Waals surface area contributed by atoms with Crippen LogP contribution in [-0.2, 0) is 0 Å². The first kappa shape index (κ1) is 16.7. The summed E-state index contributed by atoms with van der Waals surface area (Å²) in [6, 6.07) is 12.9. The topological polar surface area (TPSA) is 84.5 Å². The molecule has 128 valence electrons. The number of ketones is 1. The lowest BCUT2D eigenvalue weighted by atomic mass is 10.1. The molecule has 2 amide bonds. The van der Waals surface area contributed by atoms with E-state index in [2.05, 4.69) is 10.6 Å². The summed E-state index contributed by atoms with van der Waals surface area (Å²) in [5.74, 6) is -0.375. The van der Waals surface area contributed by atoms with Gasteiger partial charge in [0, 0.05) is 17.3 Å². The monoisotopic (exact) mass is 338 g/mol. The summed E-state index contributed by atoms with van der Waals surface area (Å²) in [5, 5.41) is 5.50. The highest BCUT2D eigenvalue weighted by Crippen LogP contribution is 2.20. The summed E-state index contributed by atoms with van der Waals surface area (Å²) in [6.07, 6.45) is 2.00. The van der Waals surface area contributed by atoms with Crippen molar-refractivity contribution in [3.63, 3.8) is 0 Å². The van der Waals surface area contributed by atoms with Gasteiger partial charge in [0.1, 0.15) is 5.75 Å². The maximum Gasteiger partial charge on any atom is 0.343 e. The molecule has 3 rings (SSSR count). The Kier molecular flexibility index (Phi) is 4.79. The maximum atomic E-state index is 12.3. The Morgan fingerprint density at radius 1 is 1.00 bits per heavy atom. The van der Waals surface area contributed by atoms with Crippen molar-refractivity contribution in [1.82, 2.24) is 5.32 Å². The number of hydrogen-bond acceptors (Lipinski definition) is 4. The van der Waals surface area contributed by atoms with Crippen molar-refractivity contribution in [1.29, 1.82) is 0 Å². The third-order valence-electron chi connectivity index (χ3n) is 3.72. The van der Waals surface area contributed by atoms with Crippen molar-refractivity contribution in [3.8, 4) is 5.75 Å². The highest BCUT2D eigenvalue weighted by atomic mass is 16.5. The van der Waals surface area contributed by atoms with Crippen LogP contribution in [-0.4, -0.2) is 23.8 Å². The van der Waals surface area contributed by atoms with E-state index in [4.69, 9.17) is 4.74 Å². The predicted octanol–water partition coefficient (Wildman–Crippen LogP) is 3.39. The molecule has 0 saturated heterocycles. The first-order valence-electron chi connectivity index (χ1n) is 8.02. The van der Waals surface area contributed by atoms with Gasteiger partial charge in [-0.15, -0.1) is 0 Å². The van der Waals surface area contributed by atoms with Gasteiger partial charge in [-0.3, -0.25) is 4.79 Å². The number of amides is 2. The average molecular weight is 338 g/mol. The van der Waals surface area contributed by atoms with Crippen molar-refractivity contribution in [2.75, 3.05) is 5.32 Å². The molecular formula is C19H18N2O4. The fourth-order valence-corrected chi connectivity index (χ4v) is 2.25. The number of esters is 1. The van der Waals surface area contributed by atoms with Crippen molar-refractivity contribution < 1.29 is 19.1 Å². The number of hydrogen-bond donors (Lipinski definition) is 2. The molecule has 6 heteroatoms. The highest BCUT2D eigenvalue weighted by Gasteiger charge is 2.23. The summed E-state index contributed by atoms with van der Waals surface area (Å²) in [6.45, 7) is 1.45. The first-order valence-corrected chi connectivity index (χ1v) is 8.02. The zero-order valence-electron chi connectivity index (χ0n) is 13.7. The molecule has 0 heterocycles. The number of benzene rings is 2. The minimum atomic E-state index is -0.563. The molecule has 0 atom stereocenters. The molecule has 0 aliphatic heterocycles. The molecule has 0 aromatic heterocycles. The van der Waals surface area contributed by atoms with Crippen molar-refractivity contribution in [2.24, 2.45) is 0 Å². The van der Waals surface area contributed by atoms with Gasteiger partial charge in [-0.2, -0.15) is 0 Å². The second-order valence-corrected chi connectivity index (χ2v) is 5.93. The smallest absolute Gasteiger partial charge is 0.343 e. The van der Waals surface area contributed by atoms with Crippen LogP contribution in [0.1, 0.15) is 40.5 Å². The third-order valence-corrected chi connectivity index (χ3v) is 3.72. The van der Waals surface area contributed by atoms with Gasteiger partial charge in [0.25, 0.3) is 0 Å². The average Bonchev–Trinajstić information content (AvgIpc) is 3.39. The summed E-state index contributed by atoms with van der Waals surface area (Å²) < 4.78 is 5.31. The van der Waals surface area contributed by atoms with Gasteiger partial charge in [0.15, 0.2) is 5.78 Å². The van der Waals surface area contributed by atoms with Gasteiger partial charge in [-0.1, -0.05) is 18.2 Å². The Morgan fingerprint density at radius 3 is 2.44 bits per heavy atom. The fraction of sp³-hybridized carbons (Fsp3) is 0.211. The second-order valence-electron chi connectivity index (χ2n) is 5.93. The van der Waals surface area contributed by atoms with E-state index in [0.717, 1.165) is 12.8 Å². The van der Waals surface area contributed by atoms with E-state index in [9.17, 15) is 14.4 Å². The molecule has 6 nitrogen and oxygen atoms in total. The summed E-state index contributed by atoms with van der Waals surface area (Å²) >= 11 is 0. The number of rotatable bonds is 5. The Morgan fingerprint density at radius 2 is 1.72 bits per heavy atom. The minimum Gasteiger partial charge on any atom is -0.423 e. The number of ether oxygens (including phenoxy) is 1. The molecule has 25 heavy (non-hydrogen) atoms. The lowest BCUT2D eigenvalue weighted by molar-refractivity contribution is 0.0733. The zero-order chi connectivity index (χ0) is 17.8. The fourth-order valence-electron chi connectivity index (χ4n) is 2.25. The first-order chi connectivity index (χ1) is 12.0. The van der Waals surface area contributed by atoms with E-state index in [-0.39, 0.29) is 17.9 Å². The Bertz CT molecular complexity index is 828. The predicted molar refractivity (Wildman–Crippen MR) is 93.0 cm³/mol. The second kappa shape index (κ2) is 7.17. The zero-order valence-corrected chi connectivity index (χ0v) is 13.7. The number of Topliss-reactive ketones (excluding diaryl/α,β-unsaturated/α-hetero) is 1. The number of nitrogens with one attached hydrogen (secondary N) is 2. The Balaban J connectivity index is 1.67. The molecule has 2 N–H and O–H groups in total. The van der Waals surface area contributed by atoms with Gasteiger partial charge >= 0.3 is 12.0 Å². The standard InChI is InChI=1S/C19H18N2O4/c1-12(22)13-4-3-7-17(11-13)25-18(23)14-5-2-6-16(10-14)21-19(24)20-15-8-9-15/h2-7,10-11,15H,8-9H2,1H3,(H2,20,21,24). The molecule has 1 aliphatic rings. The third kappa shape index (κ3) is 4.67. The van der Waals surface area contributed by atoms with Crippen LogP contribution in [0.2, 0.25) is 0 Å². The molecule has 1 saturated carbocycles. The van der Waals surface area contributed by atoms with Gasteiger partial charge < -0.3 is 15.4 Å². The van der Waals surface area contributed by atoms with Crippen LogP contribution < -0.4 is 15.4 Å². The number of anilines is 1. The molecule has 2 aromatic carbocycles. The van der Waals surface area contributed by atoms with E-state index >= 15 is 0 Å². The quantitative estimate of drug-likeness (QED) is 0.497. The number of carbonyl (C=O) groups is 3. The molecular weight excluding hydrogens is 320 g/mol. The van der Waals surface area contributed by atoms with E-state index in [1.807, 2.05) is 0 Å². The van der Waals surface area contributed by atoms with Crippen molar-refractivity contribution in [3.05, 3.63) is 59.7 Å². The molecule has 0 unspecified atom stereocenters. The number of urea groups is 1. The summed E-state index contributed by atoms with van der Waals surface area (Å²) in [7, 11) is 0. The van der Waals surface area contributed by atoms with E-state index < -0.39 is 5.97 Å². The van der Waals surface area contributed by atoms with Crippen molar-refractivity contribution >= 4 is 23.5 Å².